The van der Waals surface area contributed by atoms with Crippen LogP contribution in [0.1, 0.15) is 30.7 Å². The molecule has 21 heavy (non-hydrogen) atoms. The van der Waals surface area contributed by atoms with Crippen LogP contribution in [0.2, 0.25) is 0 Å². The Labute approximate surface area is 122 Å². The quantitative estimate of drug-likeness (QED) is 0.925. The molecule has 3 rings (SSSR count). The van der Waals surface area contributed by atoms with Crippen molar-refractivity contribution in [2.45, 2.75) is 30.8 Å². The van der Waals surface area contributed by atoms with Crippen molar-refractivity contribution in [1.29, 1.82) is 0 Å². The van der Waals surface area contributed by atoms with E-state index in [9.17, 15) is 14.0 Å². The molecule has 1 aromatic carbocycles. The van der Waals surface area contributed by atoms with Crippen LogP contribution in [0.25, 0.3) is 0 Å². The number of aliphatic carboxylic acids is 1. The molecule has 1 N–H and O–H groups in total. The molecule has 1 aliphatic carbocycles. The lowest BCUT2D eigenvalue weighted by atomic mass is 9.93. The van der Waals surface area contributed by atoms with Crippen LogP contribution in [0.5, 0.6) is 0 Å². The number of likely N-dealkylation sites (tertiary alicyclic amines) is 1. The second kappa shape index (κ2) is 5.13. The summed E-state index contributed by atoms with van der Waals surface area (Å²) in [6.45, 7) is -0.158. The number of halogens is 1. The molecule has 0 radical (unpaired) electrons. The molecule has 2 atom stereocenters. The monoisotopic (exact) mass is 291 g/mol. The van der Waals surface area contributed by atoms with Gasteiger partial charge in [-0.25, -0.2) is 9.18 Å². The number of carboxylic acid groups (broad SMARTS) is 1. The fourth-order valence-corrected chi connectivity index (χ4v) is 3.04. The van der Waals surface area contributed by atoms with E-state index in [1.165, 1.54) is 4.90 Å². The Bertz CT molecular complexity index is 558. The molecule has 1 saturated carbocycles. The summed E-state index contributed by atoms with van der Waals surface area (Å²) in [6, 6.07) is 9.50. The van der Waals surface area contributed by atoms with Crippen LogP contribution in [-0.2, 0) is 9.59 Å². The highest BCUT2D eigenvalue weighted by molar-refractivity contribution is 5.87. The van der Waals surface area contributed by atoms with Crippen molar-refractivity contribution >= 4 is 11.9 Å². The molecular formula is C16H18FNO3. The fraction of sp³-hybridized carbons (Fsp3) is 0.500. The maximum absolute atomic E-state index is 14.1. The zero-order chi connectivity index (χ0) is 15.0. The number of nitrogens with zero attached hydrogens (tertiary/aromatic N) is 1. The third-order valence-corrected chi connectivity index (χ3v) is 4.43. The van der Waals surface area contributed by atoms with Crippen LogP contribution in [0, 0.1) is 5.92 Å². The first-order valence-electron chi connectivity index (χ1n) is 7.27. The van der Waals surface area contributed by atoms with Gasteiger partial charge in [-0.1, -0.05) is 30.3 Å². The van der Waals surface area contributed by atoms with E-state index in [-0.39, 0.29) is 31.3 Å². The standard InChI is InChI=1S/C16H18FNO3/c17-16(15(20)21)8-9-18(10-16)14(19)13(12-6-7-12)11-4-2-1-3-5-11/h1-5,12-13H,6-10H2,(H,20,21). The van der Waals surface area contributed by atoms with Gasteiger partial charge in [0.2, 0.25) is 11.6 Å². The number of hydrogen-bond acceptors (Lipinski definition) is 2. The zero-order valence-electron chi connectivity index (χ0n) is 11.7. The van der Waals surface area contributed by atoms with E-state index in [0.717, 1.165) is 18.4 Å². The van der Waals surface area contributed by atoms with Crippen LogP contribution >= 0.6 is 0 Å². The third kappa shape index (κ3) is 2.64. The number of amides is 1. The van der Waals surface area contributed by atoms with Crippen molar-refractivity contribution in [3.05, 3.63) is 35.9 Å². The van der Waals surface area contributed by atoms with Crippen molar-refractivity contribution in [3.63, 3.8) is 0 Å². The maximum atomic E-state index is 14.1. The van der Waals surface area contributed by atoms with Crippen molar-refractivity contribution in [3.8, 4) is 0 Å². The summed E-state index contributed by atoms with van der Waals surface area (Å²) in [5.41, 5.74) is -1.35. The number of hydrogen-bond donors (Lipinski definition) is 1. The predicted octanol–water partition coefficient (Wildman–Crippen LogP) is 2.21. The van der Waals surface area contributed by atoms with Gasteiger partial charge in [0.1, 0.15) is 0 Å². The molecule has 4 nitrogen and oxygen atoms in total. The smallest absolute Gasteiger partial charge is 0.343 e. The van der Waals surface area contributed by atoms with Crippen LogP contribution in [0.4, 0.5) is 4.39 Å². The summed E-state index contributed by atoms with van der Waals surface area (Å²) in [5.74, 6) is -1.56. The number of carbonyl (C=O) groups is 2. The molecule has 1 saturated heterocycles. The van der Waals surface area contributed by atoms with E-state index < -0.39 is 11.6 Å². The lowest BCUT2D eigenvalue weighted by molar-refractivity contribution is -0.150. The number of alkyl halides is 1. The molecule has 2 aliphatic rings. The van der Waals surface area contributed by atoms with E-state index in [4.69, 9.17) is 5.11 Å². The van der Waals surface area contributed by atoms with Gasteiger partial charge in [0.15, 0.2) is 0 Å². The van der Waals surface area contributed by atoms with Crippen LogP contribution in [0.3, 0.4) is 0 Å². The predicted molar refractivity (Wildman–Crippen MR) is 74.6 cm³/mol. The highest BCUT2D eigenvalue weighted by Crippen LogP contribution is 2.44. The van der Waals surface area contributed by atoms with Gasteiger partial charge < -0.3 is 10.0 Å². The van der Waals surface area contributed by atoms with Gasteiger partial charge in [-0.3, -0.25) is 4.79 Å². The highest BCUT2D eigenvalue weighted by Gasteiger charge is 2.49. The normalized spacial score (nSPS) is 26.6. The first kappa shape index (κ1) is 14.0. The Morgan fingerprint density at radius 3 is 2.48 bits per heavy atom. The maximum Gasteiger partial charge on any atom is 0.343 e. The molecule has 2 fully saturated rings. The molecular weight excluding hydrogens is 273 g/mol. The lowest BCUT2D eigenvalue weighted by Gasteiger charge is -2.24. The molecule has 0 bridgehead atoms. The zero-order valence-corrected chi connectivity index (χ0v) is 11.7. The first-order valence-corrected chi connectivity index (χ1v) is 7.27. The molecule has 1 aromatic rings. The molecule has 1 heterocycles. The van der Waals surface area contributed by atoms with Crippen molar-refractivity contribution in [2.24, 2.45) is 5.92 Å². The van der Waals surface area contributed by atoms with E-state index in [2.05, 4.69) is 0 Å². The molecule has 2 unspecified atom stereocenters. The Morgan fingerprint density at radius 1 is 1.29 bits per heavy atom. The largest absolute Gasteiger partial charge is 0.479 e. The topological polar surface area (TPSA) is 57.6 Å². The molecule has 1 amide bonds. The van der Waals surface area contributed by atoms with Crippen molar-refractivity contribution in [1.82, 2.24) is 4.90 Å². The molecule has 0 aromatic heterocycles. The van der Waals surface area contributed by atoms with E-state index in [0.29, 0.717) is 5.92 Å². The minimum atomic E-state index is -2.29. The summed E-state index contributed by atoms with van der Waals surface area (Å²) in [6.07, 6.45) is 1.87. The van der Waals surface area contributed by atoms with Gasteiger partial charge in [0.05, 0.1) is 12.5 Å². The highest BCUT2D eigenvalue weighted by atomic mass is 19.1. The molecule has 112 valence electrons. The number of benzene rings is 1. The molecule has 5 heteroatoms. The Hall–Kier alpha value is -1.91. The summed E-state index contributed by atoms with van der Waals surface area (Å²) in [7, 11) is 0. The van der Waals surface area contributed by atoms with Gasteiger partial charge in [0, 0.05) is 13.0 Å². The van der Waals surface area contributed by atoms with Gasteiger partial charge in [-0.2, -0.15) is 0 Å². The average Bonchev–Trinajstić information content (AvgIpc) is 3.21. The number of carbonyl (C=O) groups excluding carboxylic acids is 1. The number of carboxylic acids is 1. The fourth-order valence-electron chi connectivity index (χ4n) is 3.04. The van der Waals surface area contributed by atoms with Crippen molar-refractivity contribution in [2.75, 3.05) is 13.1 Å². The van der Waals surface area contributed by atoms with Gasteiger partial charge >= 0.3 is 5.97 Å². The minimum Gasteiger partial charge on any atom is -0.479 e. The molecule has 0 spiro atoms. The van der Waals surface area contributed by atoms with Gasteiger partial charge in [0.25, 0.3) is 0 Å². The third-order valence-electron chi connectivity index (χ3n) is 4.43. The van der Waals surface area contributed by atoms with Crippen molar-refractivity contribution < 1.29 is 19.1 Å². The second-order valence-corrected chi connectivity index (χ2v) is 6.01. The average molecular weight is 291 g/mol. The van der Waals surface area contributed by atoms with Gasteiger partial charge in [-0.15, -0.1) is 0 Å². The Balaban J connectivity index is 1.79. The Kier molecular flexibility index (Phi) is 3.43. The summed E-state index contributed by atoms with van der Waals surface area (Å²) in [4.78, 5) is 25.0. The second-order valence-electron chi connectivity index (χ2n) is 6.01. The SMILES string of the molecule is O=C(C(c1ccccc1)C1CC1)N1CCC(F)(C(=O)O)C1. The summed E-state index contributed by atoms with van der Waals surface area (Å²) >= 11 is 0. The van der Waals surface area contributed by atoms with Crippen LogP contribution in [-0.4, -0.2) is 40.6 Å². The molecule has 1 aliphatic heterocycles. The minimum absolute atomic E-state index is 0.125. The lowest BCUT2D eigenvalue weighted by Crippen LogP contribution is -2.40. The van der Waals surface area contributed by atoms with E-state index >= 15 is 0 Å². The first-order chi connectivity index (χ1) is 10.0. The summed E-state index contributed by atoms with van der Waals surface area (Å²) < 4.78 is 14.1. The van der Waals surface area contributed by atoms with Gasteiger partial charge in [-0.05, 0) is 24.3 Å². The number of rotatable bonds is 4. The summed E-state index contributed by atoms with van der Waals surface area (Å²) in [5, 5.41) is 8.94. The van der Waals surface area contributed by atoms with E-state index in [1.54, 1.807) is 0 Å². The Morgan fingerprint density at radius 2 is 1.95 bits per heavy atom. The van der Waals surface area contributed by atoms with Crippen LogP contribution < -0.4 is 0 Å². The van der Waals surface area contributed by atoms with E-state index in [1.807, 2.05) is 30.3 Å². The van der Waals surface area contributed by atoms with Crippen LogP contribution in [0.15, 0.2) is 30.3 Å².